The average Bonchev–Trinajstić information content (AvgIpc) is 2.18. The number of hydrogen-bond acceptors (Lipinski definition) is 1. The van der Waals surface area contributed by atoms with Crippen molar-refractivity contribution in [3.63, 3.8) is 0 Å². The van der Waals surface area contributed by atoms with Gasteiger partial charge in [0.15, 0.2) is 0 Å². The second kappa shape index (κ2) is 4.65. The van der Waals surface area contributed by atoms with Crippen molar-refractivity contribution in [3.05, 3.63) is 29.3 Å². The van der Waals surface area contributed by atoms with Crippen LogP contribution < -0.4 is 5.32 Å². The summed E-state index contributed by atoms with van der Waals surface area (Å²) in [6.45, 7) is 4.18. The van der Waals surface area contributed by atoms with Gasteiger partial charge >= 0.3 is 0 Å². The number of nitrogens with one attached hydrogen (secondary N) is 1. The molecule has 0 aliphatic heterocycles. The van der Waals surface area contributed by atoms with E-state index in [-0.39, 0.29) is 0 Å². The summed E-state index contributed by atoms with van der Waals surface area (Å²) in [4.78, 5) is 10.3. The van der Waals surface area contributed by atoms with Gasteiger partial charge in [-0.25, -0.2) is 0 Å². The lowest BCUT2D eigenvalue weighted by Crippen LogP contribution is -1.99. The highest BCUT2D eigenvalue weighted by Gasteiger charge is 2.00. The van der Waals surface area contributed by atoms with Crippen LogP contribution in [0.4, 0.5) is 5.69 Å². The number of rotatable bonds is 4. The Morgan fingerprint density at radius 3 is 2.62 bits per heavy atom. The maximum absolute atomic E-state index is 10.3. The first-order chi connectivity index (χ1) is 6.31. The molecule has 1 rings (SSSR count). The van der Waals surface area contributed by atoms with E-state index < -0.39 is 0 Å². The molecule has 0 fully saturated rings. The second-order valence-electron chi connectivity index (χ2n) is 2.96. The molecule has 1 aromatic rings. The van der Waals surface area contributed by atoms with Crippen LogP contribution in [0.5, 0.6) is 0 Å². The summed E-state index contributed by atoms with van der Waals surface area (Å²) in [6.07, 6.45) is 2.67. The molecule has 2 heteroatoms. The molecule has 0 bridgehead atoms. The predicted octanol–water partition coefficient (Wildman–Crippen LogP) is 2.38. The fourth-order valence-electron chi connectivity index (χ4n) is 1.35. The topological polar surface area (TPSA) is 29.1 Å². The second-order valence-corrected chi connectivity index (χ2v) is 2.96. The summed E-state index contributed by atoms with van der Waals surface area (Å²) in [5.41, 5.74) is 3.38. The molecule has 1 amide bonds. The van der Waals surface area contributed by atoms with Gasteiger partial charge in [0.05, 0.1) is 0 Å². The van der Waals surface area contributed by atoms with Gasteiger partial charge in [-0.1, -0.05) is 26.0 Å². The Bertz CT molecular complexity index is 294. The van der Waals surface area contributed by atoms with Crippen LogP contribution in [0.15, 0.2) is 18.2 Å². The first-order valence-electron chi connectivity index (χ1n) is 4.63. The SMILES string of the molecule is CCc1ccc(CC)c(NC=O)c1. The summed E-state index contributed by atoms with van der Waals surface area (Å²) in [5, 5.41) is 2.72. The molecule has 1 N–H and O–H groups in total. The van der Waals surface area contributed by atoms with Crippen LogP contribution >= 0.6 is 0 Å². The summed E-state index contributed by atoms with van der Waals surface area (Å²) in [5.74, 6) is 0. The Morgan fingerprint density at radius 2 is 2.08 bits per heavy atom. The van der Waals surface area contributed by atoms with Crippen molar-refractivity contribution in [1.29, 1.82) is 0 Å². The van der Waals surface area contributed by atoms with Crippen LogP contribution in [-0.4, -0.2) is 6.41 Å². The lowest BCUT2D eigenvalue weighted by molar-refractivity contribution is -0.105. The molecule has 0 saturated carbocycles. The van der Waals surface area contributed by atoms with E-state index in [2.05, 4.69) is 31.3 Å². The van der Waals surface area contributed by atoms with Gasteiger partial charge in [0.1, 0.15) is 0 Å². The van der Waals surface area contributed by atoms with Gasteiger partial charge in [-0.2, -0.15) is 0 Å². The zero-order valence-electron chi connectivity index (χ0n) is 8.13. The molecule has 0 aliphatic rings. The third kappa shape index (κ3) is 2.31. The maximum atomic E-state index is 10.3. The van der Waals surface area contributed by atoms with Crippen molar-refractivity contribution < 1.29 is 4.79 Å². The number of aryl methyl sites for hydroxylation is 2. The van der Waals surface area contributed by atoms with Gasteiger partial charge in [-0.15, -0.1) is 0 Å². The van der Waals surface area contributed by atoms with E-state index in [9.17, 15) is 4.79 Å². The number of carbonyl (C=O) groups is 1. The van der Waals surface area contributed by atoms with Crippen LogP contribution in [0.2, 0.25) is 0 Å². The highest BCUT2D eigenvalue weighted by Crippen LogP contribution is 2.18. The maximum Gasteiger partial charge on any atom is 0.211 e. The van der Waals surface area contributed by atoms with E-state index in [1.165, 1.54) is 11.1 Å². The van der Waals surface area contributed by atoms with E-state index in [1.54, 1.807) is 0 Å². The summed E-state index contributed by atoms with van der Waals surface area (Å²) in [7, 11) is 0. The van der Waals surface area contributed by atoms with E-state index in [4.69, 9.17) is 0 Å². The van der Waals surface area contributed by atoms with Gasteiger partial charge < -0.3 is 5.32 Å². The van der Waals surface area contributed by atoms with Crippen LogP contribution in [0.1, 0.15) is 25.0 Å². The minimum Gasteiger partial charge on any atom is -0.328 e. The normalized spacial score (nSPS) is 9.69. The molecular formula is C11H15NO. The van der Waals surface area contributed by atoms with E-state index in [0.717, 1.165) is 24.9 Å². The Hall–Kier alpha value is -1.31. The number of amides is 1. The Kier molecular flexibility index (Phi) is 3.50. The molecule has 70 valence electrons. The largest absolute Gasteiger partial charge is 0.328 e. The van der Waals surface area contributed by atoms with Gasteiger partial charge in [0.25, 0.3) is 0 Å². The molecule has 0 atom stereocenters. The van der Waals surface area contributed by atoms with Crippen molar-refractivity contribution in [3.8, 4) is 0 Å². The molecule has 0 heterocycles. The number of benzene rings is 1. The Balaban J connectivity index is 3.01. The average molecular weight is 177 g/mol. The fourth-order valence-corrected chi connectivity index (χ4v) is 1.35. The third-order valence-electron chi connectivity index (χ3n) is 2.18. The van der Waals surface area contributed by atoms with E-state index >= 15 is 0 Å². The minimum atomic E-state index is 0.730. The van der Waals surface area contributed by atoms with Crippen molar-refractivity contribution in [2.24, 2.45) is 0 Å². The monoisotopic (exact) mass is 177 g/mol. The van der Waals surface area contributed by atoms with Crippen molar-refractivity contribution >= 4 is 12.1 Å². The lowest BCUT2D eigenvalue weighted by Gasteiger charge is -2.07. The first-order valence-corrected chi connectivity index (χ1v) is 4.63. The molecular weight excluding hydrogens is 162 g/mol. The molecule has 2 nitrogen and oxygen atoms in total. The molecule has 0 radical (unpaired) electrons. The molecule has 0 saturated heterocycles. The highest BCUT2D eigenvalue weighted by molar-refractivity contribution is 5.73. The van der Waals surface area contributed by atoms with Crippen molar-refractivity contribution in [2.45, 2.75) is 26.7 Å². The summed E-state index contributed by atoms with van der Waals surface area (Å²) >= 11 is 0. The highest BCUT2D eigenvalue weighted by atomic mass is 16.1. The van der Waals surface area contributed by atoms with Crippen LogP contribution in [0.25, 0.3) is 0 Å². The van der Waals surface area contributed by atoms with Crippen LogP contribution in [0, 0.1) is 0 Å². The molecule has 13 heavy (non-hydrogen) atoms. The van der Waals surface area contributed by atoms with Crippen molar-refractivity contribution in [2.75, 3.05) is 5.32 Å². The molecule has 0 unspecified atom stereocenters. The van der Waals surface area contributed by atoms with Gasteiger partial charge in [-0.3, -0.25) is 4.79 Å². The minimum absolute atomic E-state index is 0.730. The summed E-state index contributed by atoms with van der Waals surface area (Å²) in [6, 6.07) is 6.21. The fraction of sp³-hybridized carbons (Fsp3) is 0.364. The molecule has 0 spiro atoms. The molecule has 1 aromatic carbocycles. The third-order valence-corrected chi connectivity index (χ3v) is 2.18. The van der Waals surface area contributed by atoms with Gasteiger partial charge in [0, 0.05) is 5.69 Å². The molecule has 0 aromatic heterocycles. The quantitative estimate of drug-likeness (QED) is 0.703. The van der Waals surface area contributed by atoms with Crippen LogP contribution in [0.3, 0.4) is 0 Å². The van der Waals surface area contributed by atoms with Crippen molar-refractivity contribution in [1.82, 2.24) is 0 Å². The standard InChI is InChI=1S/C11H15NO/c1-3-9-5-6-10(4-2)11(7-9)12-8-13/h5-8H,3-4H2,1-2H3,(H,12,13). The lowest BCUT2D eigenvalue weighted by atomic mass is 10.1. The number of hydrogen-bond donors (Lipinski definition) is 1. The summed E-state index contributed by atoms with van der Waals surface area (Å²) < 4.78 is 0. The molecule has 0 aliphatic carbocycles. The number of anilines is 1. The van der Waals surface area contributed by atoms with E-state index in [1.807, 2.05) is 6.07 Å². The predicted molar refractivity (Wildman–Crippen MR) is 54.9 cm³/mol. The zero-order chi connectivity index (χ0) is 9.68. The van der Waals surface area contributed by atoms with Gasteiger partial charge in [0.2, 0.25) is 6.41 Å². The number of carbonyl (C=O) groups excluding carboxylic acids is 1. The van der Waals surface area contributed by atoms with E-state index in [0.29, 0.717) is 0 Å². The van der Waals surface area contributed by atoms with Gasteiger partial charge in [-0.05, 0) is 30.0 Å². The first kappa shape index (κ1) is 9.78. The Morgan fingerprint density at radius 1 is 1.31 bits per heavy atom. The smallest absolute Gasteiger partial charge is 0.211 e. The van der Waals surface area contributed by atoms with Crippen LogP contribution in [-0.2, 0) is 17.6 Å². The Labute approximate surface area is 79.0 Å². The zero-order valence-corrected chi connectivity index (χ0v) is 8.13.